The average Bonchev–Trinajstić information content (AvgIpc) is 3.49. The van der Waals surface area contributed by atoms with Gasteiger partial charge in [0.2, 0.25) is 0 Å². The molecule has 160 valence electrons. The van der Waals surface area contributed by atoms with Gasteiger partial charge in [-0.15, -0.1) is 11.3 Å². The summed E-state index contributed by atoms with van der Waals surface area (Å²) < 4.78 is 2.06. The van der Waals surface area contributed by atoms with E-state index in [4.69, 9.17) is 5.10 Å². The summed E-state index contributed by atoms with van der Waals surface area (Å²) in [4.78, 5) is 16.4. The lowest BCUT2D eigenvalue weighted by Gasteiger charge is -2.42. The number of hydrogen-bond acceptors (Lipinski definition) is 3. The third-order valence-electron chi connectivity index (χ3n) is 7.02. The molecule has 4 nitrogen and oxygen atoms in total. The molecule has 5 rings (SSSR count). The van der Waals surface area contributed by atoms with Crippen LogP contribution in [0.25, 0.3) is 11.8 Å². The van der Waals surface area contributed by atoms with E-state index < -0.39 is 0 Å². The van der Waals surface area contributed by atoms with Crippen molar-refractivity contribution in [1.82, 2.24) is 14.7 Å². The van der Waals surface area contributed by atoms with E-state index in [1.165, 1.54) is 22.4 Å². The molecule has 2 aromatic heterocycles. The SMILES string of the molecule is CCCN(C(=O)c1cccs1)[C@H]1CCC2=Cc3c(cnn3-c3ccc(C)cc3)C[C@@]21C. The molecule has 3 aromatic rings. The molecular formula is C26H29N3OS. The van der Waals surface area contributed by atoms with Crippen molar-refractivity contribution in [3.8, 4) is 5.69 Å². The minimum Gasteiger partial charge on any atom is -0.334 e. The third-order valence-corrected chi connectivity index (χ3v) is 7.88. The van der Waals surface area contributed by atoms with Gasteiger partial charge in [-0.3, -0.25) is 4.79 Å². The highest BCUT2D eigenvalue weighted by Gasteiger charge is 2.49. The highest BCUT2D eigenvalue weighted by molar-refractivity contribution is 7.12. The smallest absolute Gasteiger partial charge is 0.264 e. The molecule has 1 amide bonds. The molecular weight excluding hydrogens is 402 g/mol. The summed E-state index contributed by atoms with van der Waals surface area (Å²) in [6, 6.07) is 12.7. The normalized spacial score (nSPS) is 22.0. The van der Waals surface area contributed by atoms with Crippen molar-refractivity contribution < 1.29 is 4.79 Å². The molecule has 5 heteroatoms. The number of benzene rings is 1. The first-order valence-electron chi connectivity index (χ1n) is 11.2. The second-order valence-electron chi connectivity index (χ2n) is 9.10. The number of carbonyl (C=O) groups is 1. The maximum Gasteiger partial charge on any atom is 0.264 e. The van der Waals surface area contributed by atoms with Gasteiger partial charge in [-0.2, -0.15) is 5.10 Å². The number of hydrogen-bond donors (Lipinski definition) is 0. The summed E-state index contributed by atoms with van der Waals surface area (Å²) in [5.74, 6) is 0.186. The molecule has 2 aliphatic rings. The largest absolute Gasteiger partial charge is 0.334 e. The van der Waals surface area contributed by atoms with Crippen LogP contribution in [0.3, 0.4) is 0 Å². The van der Waals surface area contributed by atoms with Gasteiger partial charge in [0.1, 0.15) is 0 Å². The van der Waals surface area contributed by atoms with Crippen LogP contribution in [0.15, 0.2) is 53.5 Å². The summed E-state index contributed by atoms with van der Waals surface area (Å²) in [6.07, 6.45) is 8.35. The fourth-order valence-electron chi connectivity index (χ4n) is 5.39. The molecule has 31 heavy (non-hydrogen) atoms. The van der Waals surface area contributed by atoms with Crippen LogP contribution in [-0.4, -0.2) is 33.2 Å². The summed E-state index contributed by atoms with van der Waals surface area (Å²) in [6.45, 7) is 7.42. The Hall–Kier alpha value is -2.66. The van der Waals surface area contributed by atoms with Crippen LogP contribution < -0.4 is 0 Å². The average molecular weight is 432 g/mol. The maximum absolute atomic E-state index is 13.4. The highest BCUT2D eigenvalue weighted by Crippen LogP contribution is 2.51. The van der Waals surface area contributed by atoms with Gasteiger partial charge in [0.05, 0.1) is 22.5 Å². The van der Waals surface area contributed by atoms with Crippen molar-refractivity contribution >= 4 is 23.3 Å². The molecule has 0 unspecified atom stereocenters. The zero-order valence-electron chi connectivity index (χ0n) is 18.5. The maximum atomic E-state index is 13.4. The second-order valence-corrected chi connectivity index (χ2v) is 10.0. The molecule has 1 aromatic carbocycles. The van der Waals surface area contributed by atoms with Crippen molar-refractivity contribution in [2.75, 3.05) is 6.54 Å². The summed E-state index contributed by atoms with van der Waals surface area (Å²) >= 11 is 1.54. The van der Waals surface area contributed by atoms with Crippen molar-refractivity contribution in [1.29, 1.82) is 0 Å². The Balaban J connectivity index is 1.49. The van der Waals surface area contributed by atoms with Gasteiger partial charge in [0.25, 0.3) is 5.91 Å². The topological polar surface area (TPSA) is 38.1 Å². The van der Waals surface area contributed by atoms with Crippen LogP contribution in [0.2, 0.25) is 0 Å². The van der Waals surface area contributed by atoms with Gasteiger partial charge in [-0.05, 0) is 67.8 Å². The van der Waals surface area contributed by atoms with Crippen LogP contribution in [-0.2, 0) is 6.42 Å². The number of thiophene rings is 1. The lowest BCUT2D eigenvalue weighted by atomic mass is 9.72. The van der Waals surface area contributed by atoms with Crippen LogP contribution in [0.5, 0.6) is 0 Å². The first-order valence-corrected chi connectivity index (χ1v) is 12.1. The van der Waals surface area contributed by atoms with E-state index in [1.54, 1.807) is 11.3 Å². The molecule has 0 N–H and O–H groups in total. The Bertz CT molecular complexity index is 1130. The Labute approximate surface area is 188 Å². The van der Waals surface area contributed by atoms with Crippen molar-refractivity contribution in [3.05, 3.63) is 75.2 Å². The van der Waals surface area contributed by atoms with E-state index in [0.717, 1.165) is 42.8 Å². The predicted octanol–water partition coefficient (Wildman–Crippen LogP) is 5.90. The molecule has 0 spiro atoms. The number of nitrogens with zero attached hydrogens (tertiary/aromatic N) is 3. The van der Waals surface area contributed by atoms with Gasteiger partial charge < -0.3 is 4.90 Å². The Morgan fingerprint density at radius 3 is 2.81 bits per heavy atom. The number of aryl methyl sites for hydroxylation is 1. The van der Waals surface area contributed by atoms with E-state index >= 15 is 0 Å². The molecule has 2 heterocycles. The molecule has 0 radical (unpaired) electrons. The van der Waals surface area contributed by atoms with Crippen LogP contribution in [0, 0.1) is 12.3 Å². The van der Waals surface area contributed by atoms with Gasteiger partial charge in [-0.1, -0.05) is 43.2 Å². The van der Waals surface area contributed by atoms with E-state index in [1.807, 2.05) is 23.7 Å². The van der Waals surface area contributed by atoms with Crippen LogP contribution >= 0.6 is 11.3 Å². The highest BCUT2D eigenvalue weighted by atomic mass is 32.1. The first kappa shape index (κ1) is 20.3. The third kappa shape index (κ3) is 3.35. The molecule has 0 bridgehead atoms. The van der Waals surface area contributed by atoms with Gasteiger partial charge in [0.15, 0.2) is 0 Å². The van der Waals surface area contributed by atoms with Gasteiger partial charge in [0, 0.05) is 18.0 Å². The van der Waals surface area contributed by atoms with E-state index in [2.05, 4.69) is 60.7 Å². The number of amides is 1. The minimum atomic E-state index is -0.0315. The summed E-state index contributed by atoms with van der Waals surface area (Å²) in [5.41, 5.74) is 6.25. The first-order chi connectivity index (χ1) is 15.0. The quantitative estimate of drug-likeness (QED) is 0.504. The molecule has 1 saturated carbocycles. The zero-order valence-corrected chi connectivity index (χ0v) is 19.3. The monoisotopic (exact) mass is 431 g/mol. The van der Waals surface area contributed by atoms with E-state index in [9.17, 15) is 4.79 Å². The van der Waals surface area contributed by atoms with Crippen molar-refractivity contribution in [3.63, 3.8) is 0 Å². The standard InChI is InChI=1S/C26H29N3OS/c1-4-13-28(25(30)23-6-5-14-31-23)24-12-9-20-15-22-19(16-26(20,24)3)17-27-29(22)21-10-7-18(2)8-11-21/h5-8,10-11,14-15,17,24H,4,9,12-13,16H2,1-3H3/t24-,26-/m0/s1. The number of rotatable bonds is 5. The zero-order chi connectivity index (χ0) is 21.6. The van der Waals surface area contributed by atoms with Crippen molar-refractivity contribution in [2.24, 2.45) is 5.41 Å². The number of fused-ring (bicyclic) bond motifs is 2. The second kappa shape index (κ2) is 7.79. The Morgan fingerprint density at radius 2 is 2.10 bits per heavy atom. The number of aromatic nitrogens is 2. The predicted molar refractivity (Wildman–Crippen MR) is 127 cm³/mol. The van der Waals surface area contributed by atoms with E-state index in [-0.39, 0.29) is 17.4 Å². The summed E-state index contributed by atoms with van der Waals surface area (Å²) in [7, 11) is 0. The molecule has 0 saturated heterocycles. The summed E-state index contributed by atoms with van der Waals surface area (Å²) in [5, 5.41) is 6.72. The fraction of sp³-hybridized carbons (Fsp3) is 0.385. The molecule has 0 aliphatic heterocycles. The van der Waals surface area contributed by atoms with Gasteiger partial charge >= 0.3 is 0 Å². The van der Waals surface area contributed by atoms with Crippen LogP contribution in [0.1, 0.15) is 59.6 Å². The molecule has 2 atom stereocenters. The lowest BCUT2D eigenvalue weighted by Crippen LogP contribution is -2.48. The van der Waals surface area contributed by atoms with Crippen molar-refractivity contribution in [2.45, 2.75) is 52.5 Å². The Kier molecular flexibility index (Phi) is 5.09. The Morgan fingerprint density at radius 1 is 1.29 bits per heavy atom. The van der Waals surface area contributed by atoms with Crippen LogP contribution in [0.4, 0.5) is 0 Å². The minimum absolute atomic E-state index is 0.0315. The number of carbonyl (C=O) groups excluding carboxylic acids is 1. The molecule has 1 fully saturated rings. The fourth-order valence-corrected chi connectivity index (χ4v) is 6.07. The lowest BCUT2D eigenvalue weighted by molar-refractivity contribution is 0.0565. The molecule has 2 aliphatic carbocycles. The van der Waals surface area contributed by atoms with Gasteiger partial charge in [-0.25, -0.2) is 4.68 Å². The van der Waals surface area contributed by atoms with E-state index in [0.29, 0.717) is 0 Å².